The van der Waals surface area contributed by atoms with Crippen LogP contribution in [0.3, 0.4) is 0 Å². The number of hydrogen-bond acceptors (Lipinski definition) is 4. The van der Waals surface area contributed by atoms with E-state index in [1.165, 1.54) is 12.5 Å². The second kappa shape index (κ2) is 6.28. The van der Waals surface area contributed by atoms with Crippen LogP contribution < -0.4 is 0 Å². The third-order valence-electron chi connectivity index (χ3n) is 8.60. The molecule has 4 aliphatic carbocycles. The summed E-state index contributed by atoms with van der Waals surface area (Å²) >= 11 is 0. The van der Waals surface area contributed by atoms with Crippen molar-refractivity contribution in [2.45, 2.75) is 78.2 Å². The number of fused-ring (bicyclic) bond motifs is 5. The summed E-state index contributed by atoms with van der Waals surface area (Å²) in [4.78, 5) is 36.6. The van der Waals surface area contributed by atoms with Gasteiger partial charge in [0, 0.05) is 18.8 Å². The van der Waals surface area contributed by atoms with Crippen LogP contribution in [0.15, 0.2) is 11.6 Å². The van der Waals surface area contributed by atoms with Gasteiger partial charge in [-0.15, -0.1) is 0 Å². The summed E-state index contributed by atoms with van der Waals surface area (Å²) in [6, 6.07) is 0. The zero-order valence-electron chi connectivity index (χ0n) is 17.0. The van der Waals surface area contributed by atoms with E-state index in [4.69, 9.17) is 4.74 Å². The Kier molecular flexibility index (Phi) is 4.40. The summed E-state index contributed by atoms with van der Waals surface area (Å²) in [7, 11) is 0. The predicted octanol–water partition coefficient (Wildman–Crippen LogP) is 4.27. The van der Waals surface area contributed by atoms with Crippen LogP contribution in [0.2, 0.25) is 0 Å². The molecule has 3 fully saturated rings. The van der Waals surface area contributed by atoms with Crippen molar-refractivity contribution in [2.75, 3.05) is 0 Å². The Balaban J connectivity index is 1.71. The zero-order chi connectivity index (χ0) is 19.6. The summed E-state index contributed by atoms with van der Waals surface area (Å²) in [5.41, 5.74) is 0.136. The molecule has 0 spiro atoms. The van der Waals surface area contributed by atoms with Crippen LogP contribution >= 0.6 is 0 Å². The minimum Gasteiger partial charge on any atom is -0.451 e. The highest BCUT2D eigenvalue weighted by molar-refractivity contribution is 5.91. The van der Waals surface area contributed by atoms with Gasteiger partial charge < -0.3 is 4.74 Å². The monoisotopic (exact) mass is 372 g/mol. The van der Waals surface area contributed by atoms with Gasteiger partial charge >= 0.3 is 5.97 Å². The molecule has 0 saturated heterocycles. The van der Waals surface area contributed by atoms with Crippen LogP contribution in [-0.4, -0.2) is 23.1 Å². The van der Waals surface area contributed by atoms with E-state index in [1.54, 1.807) is 6.92 Å². The fraction of sp³-hybridized carbons (Fsp3) is 0.783. The van der Waals surface area contributed by atoms with Gasteiger partial charge in [0.15, 0.2) is 17.2 Å². The van der Waals surface area contributed by atoms with E-state index in [1.807, 2.05) is 6.08 Å². The number of ether oxygens (including phenoxy) is 1. The summed E-state index contributed by atoms with van der Waals surface area (Å²) in [6.45, 7) is 7.54. The number of ketones is 2. The molecule has 0 amide bonds. The molecular formula is C23H32O4. The summed E-state index contributed by atoms with van der Waals surface area (Å²) in [5, 5.41) is 0. The summed E-state index contributed by atoms with van der Waals surface area (Å²) in [6.07, 6.45) is 8.24. The first kappa shape index (κ1) is 18.9. The van der Waals surface area contributed by atoms with E-state index in [0.29, 0.717) is 48.2 Å². The molecule has 0 aromatic heterocycles. The van der Waals surface area contributed by atoms with Crippen LogP contribution in [-0.2, 0) is 19.1 Å². The van der Waals surface area contributed by atoms with Crippen molar-refractivity contribution in [3.05, 3.63) is 11.6 Å². The molecule has 148 valence electrons. The molecule has 4 rings (SSSR count). The quantitative estimate of drug-likeness (QED) is 0.679. The van der Waals surface area contributed by atoms with Gasteiger partial charge in [0.2, 0.25) is 0 Å². The van der Waals surface area contributed by atoms with E-state index in [9.17, 15) is 14.4 Å². The van der Waals surface area contributed by atoms with Gasteiger partial charge in [0.25, 0.3) is 0 Å². The van der Waals surface area contributed by atoms with E-state index in [0.717, 1.165) is 32.1 Å². The van der Waals surface area contributed by atoms with Gasteiger partial charge in [-0.3, -0.25) is 14.4 Å². The molecule has 0 aromatic rings. The Labute approximate surface area is 162 Å². The molecular weight excluding hydrogens is 340 g/mol. The predicted molar refractivity (Wildman–Crippen MR) is 102 cm³/mol. The molecule has 0 aliphatic heterocycles. The highest BCUT2D eigenvalue weighted by Gasteiger charge is 2.67. The Morgan fingerprint density at radius 3 is 2.56 bits per heavy atom. The Morgan fingerprint density at radius 1 is 1.15 bits per heavy atom. The molecule has 4 aliphatic rings. The molecule has 4 heteroatoms. The van der Waals surface area contributed by atoms with Crippen LogP contribution in [0.25, 0.3) is 0 Å². The molecule has 27 heavy (non-hydrogen) atoms. The molecule has 0 aromatic carbocycles. The fourth-order valence-electron chi connectivity index (χ4n) is 7.81. The normalized spacial score (nSPS) is 46.0. The van der Waals surface area contributed by atoms with Crippen molar-refractivity contribution in [3.63, 3.8) is 0 Å². The maximum atomic E-state index is 12.8. The van der Waals surface area contributed by atoms with E-state index in [-0.39, 0.29) is 17.2 Å². The van der Waals surface area contributed by atoms with Crippen molar-refractivity contribution in [2.24, 2.45) is 35.0 Å². The third-order valence-corrected chi connectivity index (χ3v) is 8.60. The van der Waals surface area contributed by atoms with E-state index in [2.05, 4.69) is 13.8 Å². The first-order chi connectivity index (χ1) is 12.7. The standard InChI is InChI=1S/C23H32O4/c1-13-12-22(4)20(9-10-23(22,14(2)24)27-15(3)25)19-7-5-16-11-17(26)6-8-18(16)21(13)19/h11,13,18-21H,5-10,12H2,1-4H3/t13-,18?,19?,20-,21+,22?,23-/m1/s1. The van der Waals surface area contributed by atoms with Crippen molar-refractivity contribution in [1.29, 1.82) is 0 Å². The summed E-state index contributed by atoms with van der Waals surface area (Å²) in [5.74, 6) is 2.52. The second-order valence-electron chi connectivity index (χ2n) is 9.83. The van der Waals surface area contributed by atoms with Crippen LogP contribution in [0.5, 0.6) is 0 Å². The van der Waals surface area contributed by atoms with Crippen molar-refractivity contribution >= 4 is 17.5 Å². The average molecular weight is 373 g/mol. The smallest absolute Gasteiger partial charge is 0.303 e. The van der Waals surface area contributed by atoms with Crippen LogP contribution in [0.1, 0.15) is 72.6 Å². The lowest BCUT2D eigenvalue weighted by Crippen LogP contribution is -2.59. The molecule has 0 bridgehead atoms. The number of rotatable bonds is 2. The van der Waals surface area contributed by atoms with Gasteiger partial charge in [-0.2, -0.15) is 0 Å². The second-order valence-corrected chi connectivity index (χ2v) is 9.83. The fourth-order valence-corrected chi connectivity index (χ4v) is 7.81. The maximum Gasteiger partial charge on any atom is 0.303 e. The average Bonchev–Trinajstić information content (AvgIpc) is 2.87. The number of carbonyl (C=O) groups excluding carboxylic acids is 3. The van der Waals surface area contributed by atoms with Gasteiger partial charge in [-0.1, -0.05) is 19.4 Å². The third kappa shape index (κ3) is 2.58. The minimum atomic E-state index is -0.957. The Hall–Kier alpha value is -1.45. The van der Waals surface area contributed by atoms with E-state index >= 15 is 0 Å². The van der Waals surface area contributed by atoms with E-state index < -0.39 is 5.60 Å². The van der Waals surface area contributed by atoms with Gasteiger partial charge in [-0.25, -0.2) is 0 Å². The topological polar surface area (TPSA) is 60.4 Å². The number of hydrogen-bond donors (Lipinski definition) is 0. The first-order valence-electron chi connectivity index (χ1n) is 10.6. The number of Topliss-reactive ketones (excluding diaryl/α,β-unsaturated/α-hetero) is 1. The first-order valence-corrected chi connectivity index (χ1v) is 10.6. The van der Waals surface area contributed by atoms with Crippen molar-refractivity contribution < 1.29 is 19.1 Å². The minimum absolute atomic E-state index is 0.00741. The summed E-state index contributed by atoms with van der Waals surface area (Å²) < 4.78 is 5.84. The van der Waals surface area contributed by atoms with Crippen molar-refractivity contribution in [1.82, 2.24) is 0 Å². The highest BCUT2D eigenvalue weighted by atomic mass is 16.6. The molecule has 3 unspecified atom stereocenters. The molecule has 3 saturated carbocycles. The number of allylic oxidation sites excluding steroid dienone is 1. The Morgan fingerprint density at radius 2 is 1.89 bits per heavy atom. The van der Waals surface area contributed by atoms with Gasteiger partial charge in [-0.05, 0) is 81.1 Å². The van der Waals surface area contributed by atoms with Gasteiger partial charge in [0.05, 0.1) is 0 Å². The lowest BCUT2D eigenvalue weighted by Gasteiger charge is -2.58. The molecule has 4 nitrogen and oxygen atoms in total. The molecule has 0 heterocycles. The molecule has 0 radical (unpaired) electrons. The Bertz CT molecular complexity index is 722. The number of esters is 1. The lowest BCUT2D eigenvalue weighted by molar-refractivity contribution is -0.189. The molecule has 7 atom stereocenters. The lowest BCUT2D eigenvalue weighted by atomic mass is 9.47. The van der Waals surface area contributed by atoms with Crippen molar-refractivity contribution in [3.8, 4) is 0 Å². The highest BCUT2D eigenvalue weighted by Crippen LogP contribution is 2.67. The SMILES string of the molecule is CC(=O)O[C@@]1(C(C)=O)CC[C@@H]2C3CCC4=CC(=O)CCC4[C@@H]3[C@H](C)CC21C. The largest absolute Gasteiger partial charge is 0.451 e. The number of carbonyl (C=O) groups is 3. The zero-order valence-corrected chi connectivity index (χ0v) is 17.0. The van der Waals surface area contributed by atoms with Crippen LogP contribution in [0, 0.1) is 35.0 Å². The van der Waals surface area contributed by atoms with Crippen LogP contribution in [0.4, 0.5) is 0 Å². The van der Waals surface area contributed by atoms with Gasteiger partial charge in [0.1, 0.15) is 0 Å². The molecule has 0 N–H and O–H groups in total. The maximum absolute atomic E-state index is 12.8.